The van der Waals surface area contributed by atoms with E-state index >= 15 is 0 Å². The Balaban J connectivity index is 1.60. The van der Waals surface area contributed by atoms with Crippen LogP contribution in [0.15, 0.2) is 0 Å². The van der Waals surface area contributed by atoms with Crippen molar-refractivity contribution < 1.29 is 14.2 Å². The van der Waals surface area contributed by atoms with Crippen molar-refractivity contribution in [2.24, 2.45) is 11.3 Å². The van der Waals surface area contributed by atoms with Crippen LogP contribution in [0.25, 0.3) is 0 Å². The first-order chi connectivity index (χ1) is 9.82. The summed E-state index contributed by atoms with van der Waals surface area (Å²) in [4.78, 5) is 2.67. The highest BCUT2D eigenvalue weighted by Gasteiger charge is 2.46. The van der Waals surface area contributed by atoms with Crippen LogP contribution in [-0.4, -0.2) is 64.2 Å². The molecule has 3 saturated heterocycles. The molecule has 0 bridgehead atoms. The smallest absolute Gasteiger partial charge is 0.0677 e. The number of ether oxygens (including phenoxy) is 3. The lowest BCUT2D eigenvalue weighted by atomic mass is 9.72. The Morgan fingerprint density at radius 1 is 1.20 bits per heavy atom. The van der Waals surface area contributed by atoms with Crippen LogP contribution >= 0.6 is 0 Å². The molecule has 0 spiro atoms. The summed E-state index contributed by atoms with van der Waals surface area (Å²) in [7, 11) is 1.83. The van der Waals surface area contributed by atoms with E-state index in [4.69, 9.17) is 14.2 Å². The van der Waals surface area contributed by atoms with Gasteiger partial charge in [-0.15, -0.1) is 0 Å². The second-order valence-corrected chi connectivity index (χ2v) is 6.84. The summed E-state index contributed by atoms with van der Waals surface area (Å²) < 4.78 is 17.1. The Labute approximate surface area is 122 Å². The van der Waals surface area contributed by atoms with Gasteiger partial charge in [0.05, 0.1) is 12.7 Å². The van der Waals surface area contributed by atoms with E-state index in [1.807, 2.05) is 7.11 Å². The molecule has 0 aromatic rings. The quantitative estimate of drug-likeness (QED) is 0.789. The summed E-state index contributed by atoms with van der Waals surface area (Å²) in [6, 6.07) is 0. The van der Waals surface area contributed by atoms with E-state index < -0.39 is 0 Å². The number of hydrogen-bond acceptors (Lipinski definition) is 4. The van der Waals surface area contributed by atoms with Gasteiger partial charge in [0, 0.05) is 52.0 Å². The molecule has 0 aromatic heterocycles. The molecule has 0 saturated carbocycles. The molecule has 2 unspecified atom stereocenters. The lowest BCUT2D eigenvalue weighted by molar-refractivity contribution is -0.150. The van der Waals surface area contributed by atoms with Crippen LogP contribution in [0.3, 0.4) is 0 Å². The Kier molecular flexibility index (Phi) is 4.97. The Hall–Kier alpha value is -0.160. The van der Waals surface area contributed by atoms with Gasteiger partial charge in [0.2, 0.25) is 0 Å². The predicted octanol–water partition coefficient (Wildman–Crippen LogP) is 1.93. The van der Waals surface area contributed by atoms with Crippen LogP contribution in [-0.2, 0) is 14.2 Å². The summed E-state index contributed by atoms with van der Waals surface area (Å²) in [5.74, 6) is 0.824. The number of methoxy groups -OCH3 is 1. The van der Waals surface area contributed by atoms with Crippen molar-refractivity contribution >= 4 is 0 Å². The molecule has 20 heavy (non-hydrogen) atoms. The van der Waals surface area contributed by atoms with E-state index in [9.17, 15) is 0 Å². The molecule has 3 aliphatic heterocycles. The average Bonchev–Trinajstić information content (AvgIpc) is 2.48. The standard InChI is InChI=1S/C16H29NO3/c1-18-13-16-6-2-8-20-15(16)3-7-17(12-16)11-14-4-9-19-10-5-14/h14-15H,2-13H2,1H3. The lowest BCUT2D eigenvalue weighted by Gasteiger charge is -2.50. The summed E-state index contributed by atoms with van der Waals surface area (Å²) in [5.41, 5.74) is 0.246. The summed E-state index contributed by atoms with van der Waals surface area (Å²) in [6.07, 6.45) is 6.50. The van der Waals surface area contributed by atoms with Gasteiger partial charge in [0.1, 0.15) is 0 Å². The first-order valence-electron chi connectivity index (χ1n) is 8.23. The zero-order chi connectivity index (χ0) is 13.8. The van der Waals surface area contributed by atoms with Crippen LogP contribution in [0.5, 0.6) is 0 Å². The molecule has 0 aromatic carbocycles. The zero-order valence-electron chi connectivity index (χ0n) is 12.8. The Morgan fingerprint density at radius 3 is 2.85 bits per heavy atom. The van der Waals surface area contributed by atoms with Crippen molar-refractivity contribution in [2.45, 2.75) is 38.2 Å². The molecular weight excluding hydrogens is 254 g/mol. The number of rotatable bonds is 4. The van der Waals surface area contributed by atoms with Crippen molar-refractivity contribution in [1.82, 2.24) is 4.90 Å². The second-order valence-electron chi connectivity index (χ2n) is 6.84. The van der Waals surface area contributed by atoms with E-state index in [2.05, 4.69) is 4.90 Å². The first kappa shape index (κ1) is 14.8. The van der Waals surface area contributed by atoms with Gasteiger partial charge in [-0.3, -0.25) is 0 Å². The molecule has 4 nitrogen and oxygen atoms in total. The van der Waals surface area contributed by atoms with E-state index in [1.165, 1.54) is 45.2 Å². The molecule has 3 heterocycles. The molecule has 3 aliphatic rings. The van der Waals surface area contributed by atoms with Crippen LogP contribution < -0.4 is 0 Å². The van der Waals surface area contributed by atoms with Gasteiger partial charge in [-0.25, -0.2) is 0 Å². The monoisotopic (exact) mass is 283 g/mol. The minimum Gasteiger partial charge on any atom is -0.384 e. The topological polar surface area (TPSA) is 30.9 Å². The zero-order valence-corrected chi connectivity index (χ0v) is 12.8. The minimum absolute atomic E-state index is 0.246. The predicted molar refractivity (Wildman–Crippen MR) is 77.9 cm³/mol. The highest BCUT2D eigenvalue weighted by atomic mass is 16.5. The van der Waals surface area contributed by atoms with Crippen molar-refractivity contribution in [2.75, 3.05) is 53.2 Å². The van der Waals surface area contributed by atoms with Crippen LogP contribution in [0, 0.1) is 11.3 Å². The lowest BCUT2D eigenvalue weighted by Crippen LogP contribution is -2.57. The molecule has 0 amide bonds. The summed E-state index contributed by atoms with van der Waals surface area (Å²) >= 11 is 0. The van der Waals surface area contributed by atoms with E-state index in [-0.39, 0.29) is 5.41 Å². The normalized spacial score (nSPS) is 36.8. The fourth-order valence-electron chi connectivity index (χ4n) is 4.33. The Morgan fingerprint density at radius 2 is 2.05 bits per heavy atom. The van der Waals surface area contributed by atoms with Crippen molar-refractivity contribution in [1.29, 1.82) is 0 Å². The number of nitrogens with zero attached hydrogens (tertiary/aromatic N) is 1. The molecule has 0 aliphatic carbocycles. The van der Waals surface area contributed by atoms with E-state index in [0.717, 1.165) is 38.9 Å². The van der Waals surface area contributed by atoms with Gasteiger partial charge in [-0.1, -0.05) is 0 Å². The third-order valence-electron chi connectivity index (χ3n) is 5.36. The average molecular weight is 283 g/mol. The largest absolute Gasteiger partial charge is 0.384 e. The number of hydrogen-bond donors (Lipinski definition) is 0. The fourth-order valence-corrected chi connectivity index (χ4v) is 4.33. The van der Waals surface area contributed by atoms with Crippen molar-refractivity contribution in [3.8, 4) is 0 Å². The molecule has 0 N–H and O–H groups in total. The summed E-state index contributed by atoms with van der Waals surface area (Å²) in [6.45, 7) is 7.27. The first-order valence-corrected chi connectivity index (χ1v) is 8.23. The third-order valence-corrected chi connectivity index (χ3v) is 5.36. The molecule has 2 atom stereocenters. The van der Waals surface area contributed by atoms with Gasteiger partial charge >= 0.3 is 0 Å². The van der Waals surface area contributed by atoms with E-state index in [0.29, 0.717) is 6.10 Å². The molecular formula is C16H29NO3. The van der Waals surface area contributed by atoms with Gasteiger partial charge in [-0.2, -0.15) is 0 Å². The SMILES string of the molecule is COCC12CCCOC1CCN(CC1CCOCC1)C2. The summed E-state index contributed by atoms with van der Waals surface area (Å²) in [5, 5.41) is 0. The van der Waals surface area contributed by atoms with Crippen molar-refractivity contribution in [3.05, 3.63) is 0 Å². The molecule has 3 rings (SSSR count). The number of likely N-dealkylation sites (tertiary alicyclic amines) is 1. The molecule has 0 radical (unpaired) electrons. The maximum Gasteiger partial charge on any atom is 0.0677 e. The van der Waals surface area contributed by atoms with Crippen LogP contribution in [0.2, 0.25) is 0 Å². The van der Waals surface area contributed by atoms with Crippen LogP contribution in [0.4, 0.5) is 0 Å². The number of fused-ring (bicyclic) bond motifs is 1. The van der Waals surface area contributed by atoms with E-state index in [1.54, 1.807) is 0 Å². The van der Waals surface area contributed by atoms with Crippen molar-refractivity contribution in [3.63, 3.8) is 0 Å². The Bertz CT molecular complexity index is 302. The molecule has 4 heteroatoms. The minimum atomic E-state index is 0.246. The molecule has 3 fully saturated rings. The van der Waals surface area contributed by atoms with Gasteiger partial charge in [0.15, 0.2) is 0 Å². The second kappa shape index (κ2) is 6.73. The molecule has 116 valence electrons. The highest BCUT2D eigenvalue weighted by molar-refractivity contribution is 4.96. The number of piperidine rings is 1. The maximum atomic E-state index is 6.05. The van der Waals surface area contributed by atoms with Gasteiger partial charge in [-0.05, 0) is 38.0 Å². The third kappa shape index (κ3) is 3.19. The van der Waals surface area contributed by atoms with Crippen LogP contribution in [0.1, 0.15) is 32.1 Å². The van der Waals surface area contributed by atoms with Gasteiger partial charge < -0.3 is 19.1 Å². The van der Waals surface area contributed by atoms with Gasteiger partial charge in [0.25, 0.3) is 0 Å². The highest BCUT2D eigenvalue weighted by Crippen LogP contribution is 2.40. The fraction of sp³-hybridized carbons (Fsp3) is 1.00. The maximum absolute atomic E-state index is 6.05.